The van der Waals surface area contributed by atoms with Gasteiger partial charge >= 0.3 is 0 Å². The Balaban J connectivity index is 3.09. The summed E-state index contributed by atoms with van der Waals surface area (Å²) in [5, 5.41) is 28.8. The first-order chi connectivity index (χ1) is 7.25. The Morgan fingerprint density at radius 3 is 2.44 bits per heavy atom. The van der Waals surface area contributed by atoms with Gasteiger partial charge in [0.05, 0.1) is 12.2 Å². The molecular formula is C13H22O3. The Hall–Kier alpha value is -0.640. The van der Waals surface area contributed by atoms with Gasteiger partial charge in [-0.15, -0.1) is 0 Å². The first-order valence-electron chi connectivity index (χ1n) is 5.69. The minimum Gasteiger partial charge on any atom is -0.390 e. The van der Waals surface area contributed by atoms with E-state index in [2.05, 4.69) is 0 Å². The van der Waals surface area contributed by atoms with Crippen molar-refractivity contribution >= 4 is 0 Å². The normalized spacial score (nSPS) is 32.2. The maximum Gasteiger partial charge on any atom is 0.101 e. The number of rotatable bonds is 2. The van der Waals surface area contributed by atoms with Gasteiger partial charge in [-0.2, -0.15) is 0 Å². The quantitative estimate of drug-likeness (QED) is 0.667. The van der Waals surface area contributed by atoms with E-state index in [0.29, 0.717) is 6.42 Å². The SMILES string of the molecule is CC1=C(C=C[C@@H](C)O)C(C)(C)C[C@H](O)[C@@H]1O. The number of allylic oxidation sites excluding steroid dienone is 2. The second kappa shape index (κ2) is 4.70. The fourth-order valence-electron chi connectivity index (χ4n) is 2.32. The summed E-state index contributed by atoms with van der Waals surface area (Å²) in [7, 11) is 0. The summed E-state index contributed by atoms with van der Waals surface area (Å²) in [5.74, 6) is 0. The number of hydrogen-bond donors (Lipinski definition) is 3. The second-order valence-corrected chi connectivity index (χ2v) is 5.30. The van der Waals surface area contributed by atoms with Gasteiger partial charge < -0.3 is 15.3 Å². The molecule has 1 aliphatic carbocycles. The third-order valence-corrected chi connectivity index (χ3v) is 3.22. The van der Waals surface area contributed by atoms with Crippen LogP contribution < -0.4 is 0 Å². The lowest BCUT2D eigenvalue weighted by Crippen LogP contribution is -2.39. The van der Waals surface area contributed by atoms with Gasteiger partial charge in [0.25, 0.3) is 0 Å². The highest BCUT2D eigenvalue weighted by Crippen LogP contribution is 2.41. The lowest BCUT2D eigenvalue weighted by Gasteiger charge is -2.38. The molecule has 3 N–H and O–H groups in total. The van der Waals surface area contributed by atoms with Crippen molar-refractivity contribution < 1.29 is 15.3 Å². The Labute approximate surface area is 97.1 Å². The first-order valence-corrected chi connectivity index (χ1v) is 5.69. The maximum absolute atomic E-state index is 9.81. The van der Waals surface area contributed by atoms with Gasteiger partial charge in [0.15, 0.2) is 0 Å². The van der Waals surface area contributed by atoms with Crippen molar-refractivity contribution in [2.45, 2.75) is 52.4 Å². The molecule has 0 bridgehead atoms. The van der Waals surface area contributed by atoms with Crippen LogP contribution in [0.2, 0.25) is 0 Å². The van der Waals surface area contributed by atoms with Crippen molar-refractivity contribution in [1.82, 2.24) is 0 Å². The molecule has 3 heteroatoms. The van der Waals surface area contributed by atoms with Crippen molar-refractivity contribution in [2.24, 2.45) is 5.41 Å². The highest BCUT2D eigenvalue weighted by atomic mass is 16.3. The summed E-state index contributed by atoms with van der Waals surface area (Å²) in [4.78, 5) is 0. The first kappa shape index (κ1) is 13.4. The Kier molecular flexibility index (Phi) is 3.94. The predicted molar refractivity (Wildman–Crippen MR) is 63.9 cm³/mol. The highest BCUT2D eigenvalue weighted by Gasteiger charge is 2.36. The average Bonchev–Trinajstić information content (AvgIpc) is 2.12. The van der Waals surface area contributed by atoms with Crippen LogP contribution in [0.15, 0.2) is 23.3 Å². The summed E-state index contributed by atoms with van der Waals surface area (Å²) in [5.41, 5.74) is 1.63. The minimum absolute atomic E-state index is 0.173. The molecule has 0 radical (unpaired) electrons. The van der Waals surface area contributed by atoms with E-state index in [0.717, 1.165) is 11.1 Å². The van der Waals surface area contributed by atoms with E-state index in [1.165, 1.54) is 0 Å². The molecule has 0 saturated carbocycles. The number of hydrogen-bond acceptors (Lipinski definition) is 3. The molecule has 16 heavy (non-hydrogen) atoms. The molecule has 3 atom stereocenters. The topological polar surface area (TPSA) is 60.7 Å². The Morgan fingerprint density at radius 2 is 1.94 bits per heavy atom. The van der Waals surface area contributed by atoms with Crippen molar-refractivity contribution in [2.75, 3.05) is 0 Å². The van der Waals surface area contributed by atoms with Crippen LogP contribution in [-0.4, -0.2) is 33.6 Å². The van der Waals surface area contributed by atoms with E-state index in [1.54, 1.807) is 13.0 Å². The molecule has 1 aliphatic rings. The lowest BCUT2D eigenvalue weighted by molar-refractivity contribution is 0.00683. The average molecular weight is 226 g/mol. The third-order valence-electron chi connectivity index (χ3n) is 3.22. The molecule has 0 aromatic carbocycles. The highest BCUT2D eigenvalue weighted by molar-refractivity contribution is 5.36. The van der Waals surface area contributed by atoms with E-state index < -0.39 is 18.3 Å². The van der Waals surface area contributed by atoms with Crippen molar-refractivity contribution in [3.63, 3.8) is 0 Å². The molecule has 1 rings (SSSR count). The van der Waals surface area contributed by atoms with E-state index in [9.17, 15) is 15.3 Å². The van der Waals surface area contributed by atoms with Gasteiger partial charge in [0.1, 0.15) is 6.10 Å². The molecule has 0 unspecified atom stereocenters. The van der Waals surface area contributed by atoms with Crippen molar-refractivity contribution in [3.05, 3.63) is 23.3 Å². The van der Waals surface area contributed by atoms with Gasteiger partial charge in [-0.3, -0.25) is 0 Å². The summed E-state index contributed by atoms with van der Waals surface area (Å²) in [6.07, 6.45) is 2.10. The zero-order valence-corrected chi connectivity index (χ0v) is 10.4. The van der Waals surface area contributed by atoms with E-state index in [-0.39, 0.29) is 5.41 Å². The molecule has 92 valence electrons. The molecule has 0 saturated heterocycles. The molecule has 0 aromatic heterocycles. The van der Waals surface area contributed by atoms with Crippen LogP contribution in [0.4, 0.5) is 0 Å². The second-order valence-electron chi connectivity index (χ2n) is 5.30. The van der Waals surface area contributed by atoms with E-state index >= 15 is 0 Å². The molecule has 3 nitrogen and oxygen atoms in total. The molecule has 0 heterocycles. The van der Waals surface area contributed by atoms with Crippen LogP contribution in [0.5, 0.6) is 0 Å². The molecule has 0 aliphatic heterocycles. The van der Waals surface area contributed by atoms with Gasteiger partial charge in [0, 0.05) is 0 Å². The molecule has 0 spiro atoms. The third kappa shape index (κ3) is 2.73. The molecule has 0 amide bonds. The standard InChI is InChI=1S/C13H22O3/c1-8(14)5-6-10-9(2)12(16)11(15)7-13(10,3)4/h5-6,8,11-12,14-16H,7H2,1-4H3/t8-,11+,12-/m1/s1. The Bertz CT molecular complexity index is 313. The van der Waals surface area contributed by atoms with Crippen molar-refractivity contribution in [1.29, 1.82) is 0 Å². The van der Waals surface area contributed by atoms with Crippen molar-refractivity contribution in [3.8, 4) is 0 Å². The van der Waals surface area contributed by atoms with Crippen LogP contribution in [0.1, 0.15) is 34.1 Å². The fourth-order valence-corrected chi connectivity index (χ4v) is 2.32. The van der Waals surface area contributed by atoms with Gasteiger partial charge in [-0.1, -0.05) is 26.0 Å². The maximum atomic E-state index is 9.81. The zero-order chi connectivity index (χ0) is 12.5. The number of aliphatic hydroxyl groups excluding tert-OH is 3. The Morgan fingerprint density at radius 1 is 1.38 bits per heavy atom. The summed E-state index contributed by atoms with van der Waals surface area (Å²) in [6.45, 7) is 7.59. The monoisotopic (exact) mass is 226 g/mol. The fraction of sp³-hybridized carbons (Fsp3) is 0.692. The largest absolute Gasteiger partial charge is 0.390 e. The molecular weight excluding hydrogens is 204 g/mol. The summed E-state index contributed by atoms with van der Waals surface area (Å²) < 4.78 is 0. The lowest BCUT2D eigenvalue weighted by atomic mass is 9.70. The van der Waals surface area contributed by atoms with Crippen LogP contribution in [-0.2, 0) is 0 Å². The predicted octanol–water partition coefficient (Wildman–Crippen LogP) is 1.39. The zero-order valence-electron chi connectivity index (χ0n) is 10.4. The number of aliphatic hydroxyl groups is 3. The van der Waals surface area contributed by atoms with Gasteiger partial charge in [0.2, 0.25) is 0 Å². The van der Waals surface area contributed by atoms with Crippen LogP contribution in [0.3, 0.4) is 0 Å². The minimum atomic E-state index is -0.790. The van der Waals surface area contributed by atoms with E-state index in [4.69, 9.17) is 0 Å². The van der Waals surface area contributed by atoms with Crippen LogP contribution >= 0.6 is 0 Å². The van der Waals surface area contributed by atoms with Crippen LogP contribution in [0.25, 0.3) is 0 Å². The summed E-state index contributed by atoms with van der Waals surface area (Å²) >= 11 is 0. The van der Waals surface area contributed by atoms with Crippen LogP contribution in [0, 0.1) is 5.41 Å². The molecule has 0 fully saturated rings. The molecule has 0 aromatic rings. The van der Waals surface area contributed by atoms with E-state index in [1.807, 2.05) is 26.8 Å². The summed E-state index contributed by atoms with van der Waals surface area (Å²) in [6, 6.07) is 0. The smallest absolute Gasteiger partial charge is 0.101 e. The van der Waals surface area contributed by atoms with Gasteiger partial charge in [-0.25, -0.2) is 0 Å². The van der Waals surface area contributed by atoms with Gasteiger partial charge in [-0.05, 0) is 36.8 Å².